The van der Waals surface area contributed by atoms with Gasteiger partial charge in [-0.2, -0.15) is 18.3 Å². The van der Waals surface area contributed by atoms with Crippen LogP contribution >= 0.6 is 0 Å². The van der Waals surface area contributed by atoms with Gasteiger partial charge >= 0.3 is 6.18 Å². The first-order chi connectivity index (χ1) is 18.1. The van der Waals surface area contributed by atoms with E-state index in [4.69, 9.17) is 0 Å². The second-order valence-corrected chi connectivity index (χ2v) is 8.05. The lowest BCUT2D eigenvalue weighted by Crippen LogP contribution is -2.36. The Kier molecular flexibility index (Phi) is 7.65. The molecule has 0 atom stereocenters. The fourth-order valence-corrected chi connectivity index (χ4v) is 3.45. The number of pyridine rings is 1. The Hall–Kier alpha value is -4.81. The van der Waals surface area contributed by atoms with Gasteiger partial charge in [-0.3, -0.25) is 19.1 Å². The van der Waals surface area contributed by atoms with Crippen LogP contribution in [0, 0.1) is 5.82 Å². The Morgan fingerprint density at radius 3 is 2.37 bits per heavy atom. The zero-order valence-corrected chi connectivity index (χ0v) is 19.6. The number of hydrogen-bond donors (Lipinski definition) is 3. The monoisotopic (exact) mass is 528 g/mol. The van der Waals surface area contributed by atoms with Gasteiger partial charge in [-0.1, -0.05) is 24.3 Å². The molecule has 0 unspecified atom stereocenters. The number of carbonyl (C=O) groups is 3. The van der Waals surface area contributed by atoms with Crippen LogP contribution < -0.4 is 16.0 Å². The van der Waals surface area contributed by atoms with Crippen molar-refractivity contribution in [1.82, 2.24) is 25.4 Å². The predicted octanol–water partition coefficient (Wildman–Crippen LogP) is 3.39. The number of nitrogens with one attached hydrogen (secondary N) is 3. The molecule has 0 fully saturated rings. The van der Waals surface area contributed by atoms with Crippen molar-refractivity contribution in [3.63, 3.8) is 0 Å². The summed E-state index contributed by atoms with van der Waals surface area (Å²) in [6, 6.07) is 13.7. The summed E-state index contributed by atoms with van der Waals surface area (Å²) in [6.07, 6.45) is -3.29. The maximum absolute atomic E-state index is 14.6. The fraction of sp³-hybridized carbons (Fsp3) is 0.160. The minimum absolute atomic E-state index is 0.173. The lowest BCUT2D eigenvalue weighted by Gasteiger charge is -2.09. The van der Waals surface area contributed by atoms with Crippen molar-refractivity contribution in [2.24, 2.45) is 0 Å². The molecule has 0 spiro atoms. The highest BCUT2D eigenvalue weighted by Crippen LogP contribution is 2.28. The molecular weight excluding hydrogens is 508 g/mol. The van der Waals surface area contributed by atoms with Crippen LogP contribution in [0.3, 0.4) is 0 Å². The molecule has 9 nitrogen and oxygen atoms in total. The number of halogens is 4. The van der Waals surface area contributed by atoms with Gasteiger partial charge in [-0.25, -0.2) is 9.37 Å². The van der Waals surface area contributed by atoms with Crippen molar-refractivity contribution in [2.45, 2.75) is 12.7 Å². The van der Waals surface area contributed by atoms with E-state index < -0.39 is 35.2 Å². The van der Waals surface area contributed by atoms with Crippen molar-refractivity contribution in [2.75, 3.05) is 18.4 Å². The van der Waals surface area contributed by atoms with E-state index in [0.29, 0.717) is 17.0 Å². The van der Waals surface area contributed by atoms with Gasteiger partial charge in [0.1, 0.15) is 23.7 Å². The van der Waals surface area contributed by atoms with Crippen LogP contribution in [0.1, 0.15) is 26.5 Å². The van der Waals surface area contributed by atoms with Crippen LogP contribution in [-0.4, -0.2) is 45.6 Å². The summed E-state index contributed by atoms with van der Waals surface area (Å²) < 4.78 is 54.4. The molecule has 2 heterocycles. The van der Waals surface area contributed by atoms with Crippen molar-refractivity contribution in [1.29, 1.82) is 0 Å². The average Bonchev–Trinajstić information content (AvgIpc) is 3.27. The second-order valence-electron chi connectivity index (χ2n) is 8.05. The zero-order chi connectivity index (χ0) is 27.3. The van der Waals surface area contributed by atoms with E-state index in [1.54, 1.807) is 30.3 Å². The van der Waals surface area contributed by atoms with E-state index in [9.17, 15) is 31.9 Å². The Morgan fingerprint density at radius 1 is 0.895 bits per heavy atom. The molecule has 2 aromatic carbocycles. The van der Waals surface area contributed by atoms with Gasteiger partial charge in [-0.05, 0) is 30.3 Å². The van der Waals surface area contributed by atoms with Gasteiger partial charge in [0.25, 0.3) is 11.8 Å². The molecule has 4 rings (SSSR count). The number of amides is 3. The third-order valence-electron chi connectivity index (χ3n) is 5.24. The summed E-state index contributed by atoms with van der Waals surface area (Å²) in [6.45, 7) is 0.181. The van der Waals surface area contributed by atoms with Crippen LogP contribution in [-0.2, 0) is 17.5 Å². The molecule has 0 aliphatic rings. The number of hydrogen-bond acceptors (Lipinski definition) is 5. The van der Waals surface area contributed by atoms with Gasteiger partial charge in [0.05, 0.1) is 11.2 Å². The molecular formula is C25H20F4N6O3. The van der Waals surface area contributed by atoms with E-state index in [-0.39, 0.29) is 36.7 Å². The molecule has 3 amide bonds. The van der Waals surface area contributed by atoms with Crippen LogP contribution in [0.4, 0.5) is 23.2 Å². The molecule has 0 saturated heterocycles. The number of aromatic nitrogens is 3. The minimum atomic E-state index is -4.74. The highest BCUT2D eigenvalue weighted by molar-refractivity contribution is 6.04. The van der Waals surface area contributed by atoms with E-state index >= 15 is 0 Å². The molecule has 4 aromatic rings. The van der Waals surface area contributed by atoms with Crippen molar-refractivity contribution >= 4 is 34.3 Å². The maximum Gasteiger partial charge on any atom is 0.433 e. The van der Waals surface area contributed by atoms with E-state index in [1.165, 1.54) is 16.9 Å². The van der Waals surface area contributed by atoms with E-state index in [2.05, 4.69) is 26.0 Å². The molecule has 13 heteroatoms. The third-order valence-corrected chi connectivity index (χ3v) is 5.24. The first-order valence-electron chi connectivity index (χ1n) is 11.2. The molecule has 196 valence electrons. The maximum atomic E-state index is 14.6. The topological polar surface area (TPSA) is 118 Å². The molecule has 0 bridgehead atoms. The van der Waals surface area contributed by atoms with Crippen LogP contribution in [0.15, 0.2) is 66.9 Å². The van der Waals surface area contributed by atoms with Crippen LogP contribution in [0.5, 0.6) is 0 Å². The normalized spacial score (nSPS) is 11.3. The van der Waals surface area contributed by atoms with Gasteiger partial charge in [-0.15, -0.1) is 0 Å². The predicted molar refractivity (Wildman–Crippen MR) is 129 cm³/mol. The molecule has 0 aliphatic heterocycles. The standard InChI is InChI=1S/C25H20F4N6O3/c26-17-12-19-16(11-20(17)33-24(38)18-7-4-8-21(32-18)25(27,28)29)13-35(34-19)14-22(36)30-9-10-31-23(37)15-5-2-1-3-6-15/h1-8,11-13H,9-10,14H2,(H,30,36)(H,31,37)(H,33,38). The summed E-state index contributed by atoms with van der Waals surface area (Å²) in [4.78, 5) is 39.9. The third kappa shape index (κ3) is 6.49. The number of nitrogens with zero attached hydrogens (tertiary/aromatic N) is 3. The quantitative estimate of drug-likeness (QED) is 0.239. The highest BCUT2D eigenvalue weighted by Gasteiger charge is 2.33. The van der Waals surface area contributed by atoms with Crippen molar-refractivity contribution in [3.8, 4) is 0 Å². The SMILES string of the molecule is O=C(Cn1cc2cc(NC(=O)c3cccc(C(F)(F)F)n3)c(F)cc2n1)NCCNC(=O)c1ccccc1. The molecule has 38 heavy (non-hydrogen) atoms. The van der Waals surface area contributed by atoms with Gasteiger partial charge in [0.15, 0.2) is 0 Å². The highest BCUT2D eigenvalue weighted by atomic mass is 19.4. The Balaban J connectivity index is 1.34. The number of fused-ring (bicyclic) bond motifs is 1. The largest absolute Gasteiger partial charge is 0.433 e. The number of benzene rings is 2. The van der Waals surface area contributed by atoms with Gasteiger partial charge in [0, 0.05) is 36.3 Å². The molecule has 0 aliphatic carbocycles. The summed E-state index contributed by atoms with van der Waals surface area (Å²) in [7, 11) is 0. The Bertz CT molecular complexity index is 1490. The van der Waals surface area contributed by atoms with Gasteiger partial charge < -0.3 is 16.0 Å². The lowest BCUT2D eigenvalue weighted by molar-refractivity contribution is -0.141. The fourth-order valence-electron chi connectivity index (χ4n) is 3.45. The number of alkyl halides is 3. The first kappa shape index (κ1) is 26.3. The van der Waals surface area contributed by atoms with E-state index in [1.807, 2.05) is 0 Å². The summed E-state index contributed by atoms with van der Waals surface area (Å²) in [5.41, 5.74) is -1.39. The van der Waals surface area contributed by atoms with E-state index in [0.717, 1.165) is 18.2 Å². The molecule has 0 saturated carbocycles. The molecule has 0 radical (unpaired) electrons. The lowest BCUT2D eigenvalue weighted by atomic mass is 10.2. The number of rotatable bonds is 8. The summed E-state index contributed by atoms with van der Waals surface area (Å²) in [5, 5.41) is 12.0. The summed E-state index contributed by atoms with van der Waals surface area (Å²) >= 11 is 0. The van der Waals surface area contributed by atoms with Crippen LogP contribution in [0.2, 0.25) is 0 Å². The minimum Gasteiger partial charge on any atom is -0.353 e. The Morgan fingerprint density at radius 2 is 1.63 bits per heavy atom. The molecule has 3 N–H and O–H groups in total. The first-order valence-corrected chi connectivity index (χ1v) is 11.2. The van der Waals surface area contributed by atoms with Crippen molar-refractivity contribution in [3.05, 3.63) is 89.6 Å². The smallest absolute Gasteiger partial charge is 0.353 e. The number of anilines is 1. The number of carbonyl (C=O) groups excluding carboxylic acids is 3. The second kappa shape index (κ2) is 11.1. The zero-order valence-electron chi connectivity index (χ0n) is 19.6. The van der Waals surface area contributed by atoms with Gasteiger partial charge in [0.2, 0.25) is 5.91 Å². The van der Waals surface area contributed by atoms with Crippen LogP contribution in [0.25, 0.3) is 10.9 Å². The van der Waals surface area contributed by atoms with Crippen molar-refractivity contribution < 1.29 is 31.9 Å². The molecule has 2 aromatic heterocycles. The average molecular weight is 528 g/mol. The summed E-state index contributed by atoms with van der Waals surface area (Å²) in [5.74, 6) is -2.58. The Labute approximate surface area is 212 Å².